The summed E-state index contributed by atoms with van der Waals surface area (Å²) in [5, 5.41) is 6.13. The summed E-state index contributed by atoms with van der Waals surface area (Å²) in [6.07, 6.45) is 0.895. The molecular formula is C13H21N3O2. The summed E-state index contributed by atoms with van der Waals surface area (Å²) in [5.74, 6) is 0.0494. The minimum Gasteiger partial charge on any atom is -0.380 e. The molecule has 1 aromatic heterocycles. The Bertz CT molecular complexity index is 428. The van der Waals surface area contributed by atoms with Crippen LogP contribution in [-0.2, 0) is 23.1 Å². The highest BCUT2D eigenvalue weighted by atomic mass is 16.5. The molecule has 1 amide bonds. The predicted octanol–water partition coefficient (Wildman–Crippen LogP) is 0.327. The average Bonchev–Trinajstić information content (AvgIpc) is 2.96. The molecule has 2 atom stereocenters. The van der Waals surface area contributed by atoms with Crippen LogP contribution in [0.3, 0.4) is 0 Å². The Kier molecular flexibility index (Phi) is 4.04. The molecule has 5 heteroatoms. The summed E-state index contributed by atoms with van der Waals surface area (Å²) in [4.78, 5) is 12.0. The number of carbonyl (C=O) groups is 1. The van der Waals surface area contributed by atoms with Gasteiger partial charge in [-0.2, -0.15) is 0 Å². The van der Waals surface area contributed by atoms with Gasteiger partial charge in [0.05, 0.1) is 18.7 Å². The summed E-state index contributed by atoms with van der Waals surface area (Å²) in [6.45, 7) is 3.36. The van der Waals surface area contributed by atoms with Crippen molar-refractivity contribution in [2.45, 2.75) is 32.0 Å². The van der Waals surface area contributed by atoms with Gasteiger partial charge in [0, 0.05) is 32.1 Å². The van der Waals surface area contributed by atoms with E-state index in [9.17, 15) is 4.79 Å². The first-order valence-corrected chi connectivity index (χ1v) is 6.27. The maximum Gasteiger partial charge on any atom is 0.237 e. The van der Waals surface area contributed by atoms with Crippen LogP contribution in [0.1, 0.15) is 17.8 Å². The Labute approximate surface area is 108 Å². The van der Waals surface area contributed by atoms with Crippen LogP contribution in [-0.4, -0.2) is 36.3 Å². The first-order chi connectivity index (χ1) is 8.61. The van der Waals surface area contributed by atoms with Gasteiger partial charge in [0.2, 0.25) is 5.91 Å². The van der Waals surface area contributed by atoms with Crippen molar-refractivity contribution in [3.05, 3.63) is 23.5 Å². The lowest BCUT2D eigenvalue weighted by molar-refractivity contribution is -0.123. The van der Waals surface area contributed by atoms with Gasteiger partial charge in [-0.3, -0.25) is 4.79 Å². The van der Waals surface area contributed by atoms with Gasteiger partial charge in [0.1, 0.15) is 0 Å². The smallest absolute Gasteiger partial charge is 0.237 e. The molecule has 0 bridgehead atoms. The molecule has 2 N–H and O–H groups in total. The zero-order valence-corrected chi connectivity index (χ0v) is 11.2. The number of amides is 1. The monoisotopic (exact) mass is 251 g/mol. The molecule has 1 fully saturated rings. The molecule has 0 aromatic carbocycles. The molecule has 0 spiro atoms. The minimum atomic E-state index is -0.128. The maximum atomic E-state index is 12.0. The van der Waals surface area contributed by atoms with Gasteiger partial charge < -0.3 is 19.9 Å². The molecule has 1 aliphatic heterocycles. The lowest BCUT2D eigenvalue weighted by atomic mass is 10.2. The van der Waals surface area contributed by atoms with Crippen molar-refractivity contribution in [3.8, 4) is 0 Å². The second-order valence-electron chi connectivity index (χ2n) is 4.80. The number of carbonyl (C=O) groups excluding carboxylic acids is 1. The number of ether oxygens (including phenoxy) is 1. The Morgan fingerprint density at radius 3 is 2.94 bits per heavy atom. The summed E-state index contributed by atoms with van der Waals surface area (Å²) in [7, 11) is 3.69. The third-order valence-electron chi connectivity index (χ3n) is 3.66. The maximum absolute atomic E-state index is 12.0. The number of nitrogens with zero attached hydrogens (tertiary/aromatic N) is 1. The summed E-state index contributed by atoms with van der Waals surface area (Å²) >= 11 is 0. The van der Waals surface area contributed by atoms with Crippen molar-refractivity contribution >= 4 is 5.91 Å². The van der Waals surface area contributed by atoms with Gasteiger partial charge in [0.15, 0.2) is 0 Å². The Hall–Kier alpha value is -1.33. The van der Waals surface area contributed by atoms with Crippen LogP contribution in [0.25, 0.3) is 0 Å². The van der Waals surface area contributed by atoms with Crippen molar-refractivity contribution in [3.63, 3.8) is 0 Å². The van der Waals surface area contributed by atoms with Gasteiger partial charge in [-0.05, 0) is 25.5 Å². The predicted molar refractivity (Wildman–Crippen MR) is 69.2 cm³/mol. The largest absolute Gasteiger partial charge is 0.380 e. The fourth-order valence-electron chi connectivity index (χ4n) is 2.23. The normalized spacial score (nSPS) is 23.3. The molecule has 100 valence electrons. The van der Waals surface area contributed by atoms with E-state index >= 15 is 0 Å². The van der Waals surface area contributed by atoms with Crippen LogP contribution in [0, 0.1) is 6.92 Å². The van der Waals surface area contributed by atoms with Crippen molar-refractivity contribution < 1.29 is 9.53 Å². The summed E-state index contributed by atoms with van der Waals surface area (Å²) < 4.78 is 7.31. The van der Waals surface area contributed by atoms with Crippen molar-refractivity contribution in [1.82, 2.24) is 15.2 Å². The second-order valence-corrected chi connectivity index (χ2v) is 4.80. The van der Waals surface area contributed by atoms with Crippen LogP contribution in [0.5, 0.6) is 0 Å². The van der Waals surface area contributed by atoms with Crippen molar-refractivity contribution in [2.75, 3.05) is 13.7 Å². The van der Waals surface area contributed by atoms with Crippen LogP contribution in [0.2, 0.25) is 0 Å². The van der Waals surface area contributed by atoms with Crippen LogP contribution in [0.4, 0.5) is 0 Å². The van der Waals surface area contributed by atoms with Gasteiger partial charge in [-0.25, -0.2) is 0 Å². The van der Waals surface area contributed by atoms with E-state index in [0.29, 0.717) is 6.54 Å². The minimum absolute atomic E-state index is 0.0494. The van der Waals surface area contributed by atoms with E-state index < -0.39 is 0 Å². The van der Waals surface area contributed by atoms with E-state index in [-0.39, 0.29) is 18.1 Å². The number of aromatic nitrogens is 1. The number of rotatable bonds is 4. The molecule has 0 saturated carbocycles. The fourth-order valence-corrected chi connectivity index (χ4v) is 2.23. The second kappa shape index (κ2) is 5.54. The van der Waals surface area contributed by atoms with E-state index in [1.165, 1.54) is 5.69 Å². The van der Waals surface area contributed by atoms with Crippen LogP contribution in [0.15, 0.2) is 12.1 Å². The number of aryl methyl sites for hydroxylation is 1. The third kappa shape index (κ3) is 2.73. The highest BCUT2D eigenvalue weighted by Crippen LogP contribution is 2.10. The zero-order chi connectivity index (χ0) is 13.1. The number of methoxy groups -OCH3 is 1. The van der Waals surface area contributed by atoms with Crippen molar-refractivity contribution in [1.29, 1.82) is 0 Å². The lowest BCUT2D eigenvalue weighted by Gasteiger charge is -2.12. The highest BCUT2D eigenvalue weighted by Gasteiger charge is 2.29. The van der Waals surface area contributed by atoms with E-state index in [2.05, 4.69) is 21.3 Å². The molecule has 1 aromatic rings. The van der Waals surface area contributed by atoms with Crippen molar-refractivity contribution in [2.24, 2.45) is 7.05 Å². The molecular weight excluding hydrogens is 230 g/mol. The van der Waals surface area contributed by atoms with E-state index in [1.807, 2.05) is 20.0 Å². The number of hydrogen-bond acceptors (Lipinski definition) is 3. The van der Waals surface area contributed by atoms with Gasteiger partial charge in [-0.1, -0.05) is 0 Å². The van der Waals surface area contributed by atoms with Crippen LogP contribution >= 0.6 is 0 Å². The number of hydrogen-bond donors (Lipinski definition) is 2. The topological polar surface area (TPSA) is 55.3 Å². The van der Waals surface area contributed by atoms with E-state index in [4.69, 9.17) is 4.74 Å². The fraction of sp³-hybridized carbons (Fsp3) is 0.615. The Morgan fingerprint density at radius 2 is 2.39 bits per heavy atom. The average molecular weight is 251 g/mol. The molecule has 2 heterocycles. The first kappa shape index (κ1) is 13.1. The first-order valence-electron chi connectivity index (χ1n) is 6.27. The summed E-state index contributed by atoms with van der Waals surface area (Å²) in [5.41, 5.74) is 2.31. The molecule has 2 unspecified atom stereocenters. The number of nitrogens with one attached hydrogen (secondary N) is 2. The SMILES string of the molecule is COC1CNC(C(=O)NCc2ccc(C)n2C)C1. The van der Waals surface area contributed by atoms with E-state index in [0.717, 1.165) is 18.7 Å². The highest BCUT2D eigenvalue weighted by molar-refractivity contribution is 5.82. The molecule has 18 heavy (non-hydrogen) atoms. The molecule has 1 saturated heterocycles. The molecule has 0 aliphatic carbocycles. The molecule has 5 nitrogen and oxygen atoms in total. The zero-order valence-electron chi connectivity index (χ0n) is 11.2. The Balaban J connectivity index is 1.84. The Morgan fingerprint density at radius 1 is 1.61 bits per heavy atom. The van der Waals surface area contributed by atoms with Gasteiger partial charge >= 0.3 is 0 Å². The van der Waals surface area contributed by atoms with Gasteiger partial charge in [-0.15, -0.1) is 0 Å². The molecule has 2 rings (SSSR count). The van der Waals surface area contributed by atoms with E-state index in [1.54, 1.807) is 7.11 Å². The van der Waals surface area contributed by atoms with Crippen LogP contribution < -0.4 is 10.6 Å². The quantitative estimate of drug-likeness (QED) is 0.810. The molecule has 1 aliphatic rings. The van der Waals surface area contributed by atoms with Gasteiger partial charge in [0.25, 0.3) is 0 Å². The lowest BCUT2D eigenvalue weighted by Crippen LogP contribution is -2.40. The molecule has 0 radical (unpaired) electrons. The standard InChI is InChI=1S/C13H21N3O2/c1-9-4-5-10(16(9)2)7-15-13(17)12-6-11(18-3)8-14-12/h4-5,11-12,14H,6-8H2,1-3H3,(H,15,17). The third-order valence-corrected chi connectivity index (χ3v) is 3.66. The summed E-state index contributed by atoms with van der Waals surface area (Å²) in [6, 6.07) is 3.96.